The van der Waals surface area contributed by atoms with Gasteiger partial charge in [-0.1, -0.05) is 24.3 Å². The Balaban J connectivity index is 2.05. The van der Waals surface area contributed by atoms with Gasteiger partial charge in [0, 0.05) is 16.9 Å². The molecule has 19 heavy (non-hydrogen) atoms. The van der Waals surface area contributed by atoms with Crippen LogP contribution in [0.25, 0.3) is 10.8 Å². The van der Waals surface area contributed by atoms with Gasteiger partial charge in [0.1, 0.15) is 5.82 Å². The van der Waals surface area contributed by atoms with E-state index in [9.17, 15) is 9.18 Å². The van der Waals surface area contributed by atoms with Gasteiger partial charge in [-0.15, -0.1) is 0 Å². The minimum absolute atomic E-state index is 0.0649. The van der Waals surface area contributed by atoms with Gasteiger partial charge in [0.2, 0.25) is 0 Å². The van der Waals surface area contributed by atoms with E-state index in [1.807, 2.05) is 12.1 Å². The van der Waals surface area contributed by atoms with Gasteiger partial charge in [0.05, 0.1) is 0 Å². The van der Waals surface area contributed by atoms with E-state index in [-0.39, 0.29) is 17.5 Å². The molecule has 0 aliphatic carbocycles. The Kier molecular flexibility index (Phi) is 3.30. The lowest BCUT2D eigenvalue weighted by Gasteiger charge is -2.22. The molecule has 2 aromatic rings. The summed E-state index contributed by atoms with van der Waals surface area (Å²) in [4.78, 5) is 12.6. The van der Waals surface area contributed by atoms with Crippen LogP contribution in [0.4, 0.5) is 4.39 Å². The number of rotatable bonds is 2. The lowest BCUT2D eigenvalue weighted by atomic mass is 9.87. The van der Waals surface area contributed by atoms with Crippen molar-refractivity contribution in [1.29, 1.82) is 0 Å². The van der Waals surface area contributed by atoms with Gasteiger partial charge in [-0.3, -0.25) is 4.79 Å². The Bertz CT molecular complexity index is 617. The Morgan fingerprint density at radius 1 is 1.05 bits per heavy atom. The molecule has 1 saturated heterocycles. The van der Waals surface area contributed by atoms with E-state index in [1.165, 1.54) is 6.07 Å². The van der Waals surface area contributed by atoms with Gasteiger partial charge in [-0.2, -0.15) is 0 Å². The van der Waals surface area contributed by atoms with Gasteiger partial charge in [0.25, 0.3) is 0 Å². The highest BCUT2D eigenvalue weighted by atomic mass is 19.1. The Labute approximate surface area is 111 Å². The molecule has 1 N–H and O–H groups in total. The number of benzene rings is 2. The molecule has 0 spiro atoms. The largest absolute Gasteiger partial charge is 0.317 e. The van der Waals surface area contributed by atoms with Crippen molar-refractivity contribution >= 4 is 16.6 Å². The topological polar surface area (TPSA) is 29.1 Å². The van der Waals surface area contributed by atoms with Gasteiger partial charge in [0.15, 0.2) is 5.78 Å². The second-order valence-electron chi connectivity index (χ2n) is 5.03. The molecule has 0 unspecified atom stereocenters. The van der Waals surface area contributed by atoms with Crippen molar-refractivity contribution in [3.05, 3.63) is 47.8 Å². The first-order valence-electron chi connectivity index (χ1n) is 6.69. The average molecular weight is 257 g/mol. The summed E-state index contributed by atoms with van der Waals surface area (Å²) in [7, 11) is 0. The SMILES string of the molecule is O=C(c1ccc(F)c2ccccc12)C1CCNCC1. The average Bonchev–Trinajstić information content (AvgIpc) is 2.48. The van der Waals surface area contributed by atoms with Crippen LogP contribution in [0, 0.1) is 11.7 Å². The van der Waals surface area contributed by atoms with Gasteiger partial charge in [-0.05, 0) is 43.5 Å². The quantitative estimate of drug-likeness (QED) is 0.837. The number of carbonyl (C=O) groups excluding carboxylic acids is 1. The van der Waals surface area contributed by atoms with Crippen molar-refractivity contribution in [2.24, 2.45) is 5.92 Å². The molecule has 3 rings (SSSR count). The fourth-order valence-corrected chi connectivity index (χ4v) is 2.78. The molecule has 3 heteroatoms. The van der Waals surface area contributed by atoms with Crippen LogP contribution in [0.3, 0.4) is 0 Å². The maximum Gasteiger partial charge on any atom is 0.166 e. The minimum atomic E-state index is -0.266. The fourth-order valence-electron chi connectivity index (χ4n) is 2.78. The third-order valence-corrected chi connectivity index (χ3v) is 3.85. The number of hydrogen-bond donors (Lipinski definition) is 1. The highest BCUT2D eigenvalue weighted by Crippen LogP contribution is 2.26. The first-order valence-corrected chi connectivity index (χ1v) is 6.69. The summed E-state index contributed by atoms with van der Waals surface area (Å²) in [6.07, 6.45) is 1.73. The lowest BCUT2D eigenvalue weighted by molar-refractivity contribution is 0.0897. The van der Waals surface area contributed by atoms with E-state index in [4.69, 9.17) is 0 Å². The highest BCUT2D eigenvalue weighted by Gasteiger charge is 2.23. The molecule has 1 fully saturated rings. The summed E-state index contributed by atoms with van der Waals surface area (Å²) in [6, 6.07) is 10.2. The van der Waals surface area contributed by atoms with Crippen molar-refractivity contribution in [2.45, 2.75) is 12.8 Å². The first-order chi connectivity index (χ1) is 9.27. The summed E-state index contributed by atoms with van der Waals surface area (Å²) in [5.41, 5.74) is 0.656. The molecule has 0 radical (unpaired) electrons. The molecular weight excluding hydrogens is 241 g/mol. The summed E-state index contributed by atoms with van der Waals surface area (Å²) in [6.45, 7) is 1.77. The van der Waals surface area contributed by atoms with Crippen molar-refractivity contribution in [3.8, 4) is 0 Å². The van der Waals surface area contributed by atoms with E-state index in [0.717, 1.165) is 31.3 Å². The van der Waals surface area contributed by atoms with Crippen molar-refractivity contribution in [3.63, 3.8) is 0 Å². The molecule has 0 amide bonds. The number of fused-ring (bicyclic) bond motifs is 1. The normalized spacial score (nSPS) is 16.7. The van der Waals surface area contributed by atoms with Gasteiger partial charge in [-0.25, -0.2) is 4.39 Å². The molecule has 2 nitrogen and oxygen atoms in total. The predicted octanol–water partition coefficient (Wildman–Crippen LogP) is 3.16. The smallest absolute Gasteiger partial charge is 0.166 e. The summed E-state index contributed by atoms with van der Waals surface area (Å²) in [5.74, 6) is -0.0507. The fraction of sp³-hybridized carbons (Fsp3) is 0.312. The molecule has 0 saturated carbocycles. The number of piperidine rings is 1. The molecule has 98 valence electrons. The Morgan fingerprint density at radius 3 is 2.47 bits per heavy atom. The van der Waals surface area contributed by atoms with Crippen molar-refractivity contribution in [1.82, 2.24) is 5.32 Å². The predicted molar refractivity (Wildman–Crippen MR) is 73.8 cm³/mol. The van der Waals surface area contributed by atoms with Gasteiger partial charge >= 0.3 is 0 Å². The number of halogens is 1. The molecular formula is C16H16FNO. The van der Waals surface area contributed by atoms with E-state index < -0.39 is 0 Å². The van der Waals surface area contributed by atoms with Crippen LogP contribution in [-0.4, -0.2) is 18.9 Å². The lowest BCUT2D eigenvalue weighted by Crippen LogP contribution is -2.32. The van der Waals surface area contributed by atoms with Crippen LogP contribution in [-0.2, 0) is 0 Å². The van der Waals surface area contributed by atoms with Crippen LogP contribution < -0.4 is 5.32 Å². The van der Waals surface area contributed by atoms with E-state index in [1.54, 1.807) is 18.2 Å². The molecule has 0 atom stereocenters. The summed E-state index contributed by atoms with van der Waals surface area (Å²) in [5, 5.41) is 4.51. The van der Waals surface area contributed by atoms with Crippen molar-refractivity contribution < 1.29 is 9.18 Å². The second kappa shape index (κ2) is 5.10. The van der Waals surface area contributed by atoms with Crippen LogP contribution in [0.5, 0.6) is 0 Å². The molecule has 2 aromatic carbocycles. The third-order valence-electron chi connectivity index (χ3n) is 3.85. The van der Waals surface area contributed by atoms with Crippen LogP contribution in [0.15, 0.2) is 36.4 Å². The number of nitrogens with one attached hydrogen (secondary N) is 1. The first kappa shape index (κ1) is 12.3. The zero-order chi connectivity index (χ0) is 13.2. The maximum atomic E-state index is 13.8. The molecule has 1 heterocycles. The summed E-state index contributed by atoms with van der Waals surface area (Å²) < 4.78 is 13.8. The van der Waals surface area contributed by atoms with Crippen molar-refractivity contribution in [2.75, 3.05) is 13.1 Å². The van der Waals surface area contributed by atoms with E-state index in [0.29, 0.717) is 10.9 Å². The van der Waals surface area contributed by atoms with E-state index >= 15 is 0 Å². The standard InChI is InChI=1S/C16H16FNO/c17-15-6-5-14(12-3-1-2-4-13(12)15)16(19)11-7-9-18-10-8-11/h1-6,11,18H,7-10H2. The number of hydrogen-bond acceptors (Lipinski definition) is 2. The Hall–Kier alpha value is -1.74. The highest BCUT2D eigenvalue weighted by molar-refractivity contribution is 6.09. The third kappa shape index (κ3) is 2.26. The molecule has 1 aliphatic heterocycles. The van der Waals surface area contributed by atoms with Gasteiger partial charge < -0.3 is 5.32 Å². The minimum Gasteiger partial charge on any atom is -0.317 e. The number of ketones is 1. The van der Waals surface area contributed by atoms with Crippen LogP contribution in [0.2, 0.25) is 0 Å². The zero-order valence-electron chi connectivity index (χ0n) is 10.7. The number of carbonyl (C=O) groups is 1. The number of Topliss-reactive ketones (excluding diaryl/α,β-unsaturated/α-hetero) is 1. The van der Waals surface area contributed by atoms with E-state index in [2.05, 4.69) is 5.32 Å². The molecule has 1 aliphatic rings. The van der Waals surface area contributed by atoms with Crippen LogP contribution >= 0.6 is 0 Å². The maximum absolute atomic E-state index is 13.8. The zero-order valence-corrected chi connectivity index (χ0v) is 10.7. The Morgan fingerprint density at radius 2 is 1.74 bits per heavy atom. The molecule has 0 bridgehead atoms. The monoisotopic (exact) mass is 257 g/mol. The summed E-state index contributed by atoms with van der Waals surface area (Å²) >= 11 is 0. The molecule has 0 aromatic heterocycles. The second-order valence-corrected chi connectivity index (χ2v) is 5.03. The van der Waals surface area contributed by atoms with Crippen LogP contribution in [0.1, 0.15) is 23.2 Å².